The van der Waals surface area contributed by atoms with Crippen LogP contribution in [0, 0.1) is 0 Å². The molecule has 0 bridgehead atoms. The molecule has 1 N–H and O–H groups in total. The lowest BCUT2D eigenvalue weighted by Gasteiger charge is -2.35. The van der Waals surface area contributed by atoms with Gasteiger partial charge in [0.1, 0.15) is 6.04 Å². The van der Waals surface area contributed by atoms with E-state index in [1.807, 2.05) is 0 Å². The van der Waals surface area contributed by atoms with Crippen molar-refractivity contribution in [2.24, 2.45) is 0 Å². The van der Waals surface area contributed by atoms with Gasteiger partial charge in [0.25, 0.3) is 0 Å². The van der Waals surface area contributed by atoms with Crippen molar-refractivity contribution in [2.45, 2.75) is 70.9 Å². The van der Waals surface area contributed by atoms with Crippen LogP contribution in [0.3, 0.4) is 0 Å². The van der Waals surface area contributed by atoms with E-state index in [1.165, 1.54) is 18.4 Å². The number of hydrogen-bond donors (Lipinski definition) is 1. The van der Waals surface area contributed by atoms with Crippen LogP contribution >= 0.6 is 0 Å². The first-order chi connectivity index (χ1) is 11.8. The molecule has 0 unspecified atom stereocenters. The molecule has 1 fully saturated rings. The predicted octanol–water partition coefficient (Wildman–Crippen LogP) is 3.88. The van der Waals surface area contributed by atoms with E-state index in [0.29, 0.717) is 6.04 Å². The normalized spacial score (nSPS) is 17.4. The average molecular weight is 347 g/mol. The van der Waals surface area contributed by atoms with E-state index in [-0.39, 0.29) is 17.4 Å². The summed E-state index contributed by atoms with van der Waals surface area (Å²) in [5.41, 5.74) is 2.86. The molecular weight excluding hydrogens is 312 g/mol. The molecule has 0 aliphatic carbocycles. The number of benzene rings is 1. The maximum atomic E-state index is 11.9. The van der Waals surface area contributed by atoms with Gasteiger partial charge in [0, 0.05) is 24.8 Å². The maximum absolute atomic E-state index is 11.9. The monoisotopic (exact) mass is 346 g/mol. The molecule has 140 valence electrons. The molecule has 2 rings (SSSR count). The highest BCUT2D eigenvalue weighted by atomic mass is 16.5. The molecule has 1 saturated heterocycles. The lowest BCUT2D eigenvalue weighted by atomic mass is 9.87. The Kier molecular flexibility index (Phi) is 6.88. The molecule has 0 radical (unpaired) electrons. The Labute approximate surface area is 152 Å². The summed E-state index contributed by atoms with van der Waals surface area (Å²) in [5, 5.41) is 3.51. The molecule has 0 amide bonds. The number of anilines is 1. The summed E-state index contributed by atoms with van der Waals surface area (Å²) < 4.78 is 4.92. The topological polar surface area (TPSA) is 41.6 Å². The van der Waals surface area contributed by atoms with Crippen LogP contribution in [0.2, 0.25) is 0 Å². The smallest absolute Gasteiger partial charge is 0.322 e. The minimum absolute atomic E-state index is 0.137. The Balaban J connectivity index is 1.89. The van der Waals surface area contributed by atoms with E-state index in [0.717, 1.165) is 38.8 Å². The number of carbonyl (C=O) groups is 1. The Morgan fingerprint density at radius 2 is 1.84 bits per heavy atom. The highest BCUT2D eigenvalue weighted by Gasteiger charge is 2.25. The first-order valence-corrected chi connectivity index (χ1v) is 9.54. The first kappa shape index (κ1) is 19.8. The van der Waals surface area contributed by atoms with Gasteiger partial charge >= 0.3 is 5.97 Å². The summed E-state index contributed by atoms with van der Waals surface area (Å²) in [6.07, 6.45) is 3.92. The van der Waals surface area contributed by atoms with Gasteiger partial charge < -0.3 is 15.0 Å². The maximum Gasteiger partial charge on any atom is 0.322 e. The zero-order valence-corrected chi connectivity index (χ0v) is 16.5. The standard InChI is InChI=1S/C21H34N2O2/c1-6-7-19(20(24)25-5)22-17-12-14-23(15-13-17)18-10-8-16(9-11-18)21(2,3)4/h8-11,17,19,22H,6-7,12-15H2,1-5H3/t19-/m1/s1. The molecule has 1 heterocycles. The van der Waals surface area contributed by atoms with Gasteiger partial charge in [-0.1, -0.05) is 46.2 Å². The molecule has 0 saturated carbocycles. The van der Waals surface area contributed by atoms with E-state index >= 15 is 0 Å². The van der Waals surface area contributed by atoms with E-state index in [9.17, 15) is 4.79 Å². The zero-order chi connectivity index (χ0) is 18.4. The Hall–Kier alpha value is -1.55. The van der Waals surface area contributed by atoms with Crippen LogP contribution in [0.4, 0.5) is 5.69 Å². The second-order valence-corrected chi connectivity index (χ2v) is 8.09. The van der Waals surface area contributed by atoms with Crippen LogP contribution in [-0.2, 0) is 14.9 Å². The zero-order valence-electron chi connectivity index (χ0n) is 16.5. The number of methoxy groups -OCH3 is 1. The lowest BCUT2D eigenvalue weighted by Crippen LogP contribution is -2.49. The molecule has 25 heavy (non-hydrogen) atoms. The van der Waals surface area contributed by atoms with Crippen LogP contribution in [0.5, 0.6) is 0 Å². The molecule has 4 heteroatoms. The molecule has 1 aromatic rings. The molecule has 4 nitrogen and oxygen atoms in total. The number of piperidine rings is 1. The molecular formula is C21H34N2O2. The molecule has 0 spiro atoms. The third kappa shape index (κ3) is 5.46. The second-order valence-electron chi connectivity index (χ2n) is 8.09. The molecule has 1 aliphatic rings. The number of nitrogens with one attached hydrogen (secondary N) is 1. The Bertz CT molecular complexity index is 540. The van der Waals surface area contributed by atoms with Gasteiger partial charge in [0.15, 0.2) is 0 Å². The van der Waals surface area contributed by atoms with Crippen molar-refractivity contribution in [2.75, 3.05) is 25.1 Å². The van der Waals surface area contributed by atoms with Crippen LogP contribution in [0.15, 0.2) is 24.3 Å². The van der Waals surface area contributed by atoms with Gasteiger partial charge in [-0.15, -0.1) is 0 Å². The van der Waals surface area contributed by atoms with E-state index in [2.05, 4.69) is 62.2 Å². The highest BCUT2D eigenvalue weighted by molar-refractivity contribution is 5.75. The Morgan fingerprint density at radius 3 is 2.32 bits per heavy atom. The first-order valence-electron chi connectivity index (χ1n) is 9.54. The minimum Gasteiger partial charge on any atom is -0.468 e. The van der Waals surface area contributed by atoms with Crippen molar-refractivity contribution in [3.8, 4) is 0 Å². The summed E-state index contributed by atoms with van der Waals surface area (Å²) in [5.74, 6) is -0.137. The summed E-state index contributed by atoms with van der Waals surface area (Å²) in [4.78, 5) is 14.3. The quantitative estimate of drug-likeness (QED) is 0.794. The molecule has 1 aromatic carbocycles. The molecule has 1 atom stereocenters. The van der Waals surface area contributed by atoms with E-state index in [1.54, 1.807) is 0 Å². The number of hydrogen-bond acceptors (Lipinski definition) is 4. The predicted molar refractivity (Wildman–Crippen MR) is 104 cm³/mol. The number of rotatable bonds is 6. The summed E-state index contributed by atoms with van der Waals surface area (Å²) in [7, 11) is 1.47. The fourth-order valence-electron chi connectivity index (χ4n) is 3.46. The minimum atomic E-state index is -0.169. The lowest BCUT2D eigenvalue weighted by molar-refractivity contribution is -0.143. The van der Waals surface area contributed by atoms with Crippen LogP contribution in [0.25, 0.3) is 0 Å². The van der Waals surface area contributed by atoms with Crippen molar-refractivity contribution < 1.29 is 9.53 Å². The van der Waals surface area contributed by atoms with Gasteiger partial charge in [0.2, 0.25) is 0 Å². The van der Waals surface area contributed by atoms with E-state index in [4.69, 9.17) is 4.74 Å². The number of ether oxygens (including phenoxy) is 1. The van der Waals surface area contributed by atoms with Gasteiger partial charge in [-0.2, -0.15) is 0 Å². The highest BCUT2D eigenvalue weighted by Crippen LogP contribution is 2.26. The van der Waals surface area contributed by atoms with Crippen molar-refractivity contribution >= 4 is 11.7 Å². The summed E-state index contributed by atoms with van der Waals surface area (Å²) >= 11 is 0. The Morgan fingerprint density at radius 1 is 1.24 bits per heavy atom. The van der Waals surface area contributed by atoms with Gasteiger partial charge in [-0.3, -0.25) is 4.79 Å². The summed E-state index contributed by atoms with van der Waals surface area (Å²) in [6, 6.07) is 9.19. The summed E-state index contributed by atoms with van der Waals surface area (Å²) in [6.45, 7) is 10.9. The van der Waals surface area contributed by atoms with Crippen molar-refractivity contribution in [1.29, 1.82) is 0 Å². The number of carbonyl (C=O) groups excluding carboxylic acids is 1. The SMILES string of the molecule is CCC[C@@H](NC1CCN(c2ccc(C(C)(C)C)cc2)CC1)C(=O)OC. The van der Waals surface area contributed by atoms with Crippen LogP contribution in [0.1, 0.15) is 58.9 Å². The third-order valence-corrected chi connectivity index (χ3v) is 5.09. The number of nitrogens with zero attached hydrogens (tertiary/aromatic N) is 1. The van der Waals surface area contributed by atoms with Crippen LogP contribution < -0.4 is 10.2 Å². The van der Waals surface area contributed by atoms with Gasteiger partial charge in [-0.25, -0.2) is 0 Å². The fraction of sp³-hybridized carbons (Fsp3) is 0.667. The number of esters is 1. The largest absolute Gasteiger partial charge is 0.468 e. The van der Waals surface area contributed by atoms with Crippen molar-refractivity contribution in [3.63, 3.8) is 0 Å². The van der Waals surface area contributed by atoms with Crippen molar-refractivity contribution in [3.05, 3.63) is 29.8 Å². The van der Waals surface area contributed by atoms with Gasteiger partial charge in [-0.05, 0) is 42.4 Å². The van der Waals surface area contributed by atoms with Gasteiger partial charge in [0.05, 0.1) is 7.11 Å². The molecule has 1 aliphatic heterocycles. The average Bonchev–Trinajstić information content (AvgIpc) is 2.60. The van der Waals surface area contributed by atoms with Crippen molar-refractivity contribution in [1.82, 2.24) is 5.32 Å². The van der Waals surface area contributed by atoms with E-state index < -0.39 is 0 Å². The van der Waals surface area contributed by atoms with Crippen LogP contribution in [-0.4, -0.2) is 38.3 Å². The fourth-order valence-corrected chi connectivity index (χ4v) is 3.46. The second kappa shape index (κ2) is 8.70. The molecule has 0 aromatic heterocycles. The third-order valence-electron chi connectivity index (χ3n) is 5.09.